The molecule has 2 atom stereocenters. The summed E-state index contributed by atoms with van der Waals surface area (Å²) < 4.78 is 5.33. The highest BCUT2D eigenvalue weighted by molar-refractivity contribution is 5.78. The number of amides is 1. The van der Waals surface area contributed by atoms with Gasteiger partial charge in [-0.3, -0.25) is 4.79 Å². The fourth-order valence-electron chi connectivity index (χ4n) is 2.83. The molecule has 0 saturated carbocycles. The Hall–Kier alpha value is -1.75. The Labute approximate surface area is 119 Å². The lowest BCUT2D eigenvalue weighted by Crippen LogP contribution is -2.41. The largest absolute Gasteiger partial charge is 0.496 e. The maximum atomic E-state index is 11.4. The Balaban J connectivity index is 2.34. The summed E-state index contributed by atoms with van der Waals surface area (Å²) in [4.78, 5) is 13.5. The highest BCUT2D eigenvalue weighted by atomic mass is 16.5. The summed E-state index contributed by atoms with van der Waals surface area (Å²) >= 11 is 0. The smallest absolute Gasteiger partial charge is 0.222 e. The van der Waals surface area contributed by atoms with E-state index < -0.39 is 6.10 Å². The molecule has 0 spiro atoms. The molecule has 5 nitrogen and oxygen atoms in total. The first-order valence-electron chi connectivity index (χ1n) is 6.93. The van der Waals surface area contributed by atoms with Crippen molar-refractivity contribution < 1.29 is 14.6 Å². The van der Waals surface area contributed by atoms with Crippen molar-refractivity contribution in [3.63, 3.8) is 0 Å². The minimum atomic E-state index is -0.630. The number of rotatable bonds is 4. The van der Waals surface area contributed by atoms with Gasteiger partial charge < -0.3 is 20.5 Å². The van der Waals surface area contributed by atoms with E-state index in [-0.39, 0.29) is 11.8 Å². The van der Waals surface area contributed by atoms with Crippen LogP contribution in [0.2, 0.25) is 0 Å². The molecule has 2 rings (SSSR count). The van der Waals surface area contributed by atoms with Crippen molar-refractivity contribution in [3.8, 4) is 5.75 Å². The molecule has 1 fully saturated rings. The van der Waals surface area contributed by atoms with Crippen LogP contribution in [0, 0.1) is 5.92 Å². The van der Waals surface area contributed by atoms with Crippen LogP contribution in [0.1, 0.15) is 31.4 Å². The molecule has 0 bridgehead atoms. The number of piperidine rings is 1. The predicted octanol–water partition coefficient (Wildman–Crippen LogP) is 1.45. The number of nitrogens with zero attached hydrogens (tertiary/aromatic N) is 1. The number of carbonyl (C=O) groups is 1. The molecule has 110 valence electrons. The molecule has 3 N–H and O–H groups in total. The predicted molar refractivity (Wildman–Crippen MR) is 77.8 cm³/mol. The number of aliphatic hydroxyl groups is 1. The molecule has 0 aliphatic carbocycles. The number of ether oxygens (including phenoxy) is 1. The van der Waals surface area contributed by atoms with Crippen LogP contribution in [0.3, 0.4) is 0 Å². The van der Waals surface area contributed by atoms with Gasteiger partial charge in [0, 0.05) is 24.3 Å². The number of benzene rings is 1. The van der Waals surface area contributed by atoms with Crippen molar-refractivity contribution in [2.24, 2.45) is 11.7 Å². The van der Waals surface area contributed by atoms with E-state index in [4.69, 9.17) is 10.5 Å². The van der Waals surface area contributed by atoms with Crippen molar-refractivity contribution in [3.05, 3.63) is 23.8 Å². The summed E-state index contributed by atoms with van der Waals surface area (Å²) in [7, 11) is 1.59. The first-order valence-corrected chi connectivity index (χ1v) is 6.93. The van der Waals surface area contributed by atoms with E-state index in [2.05, 4.69) is 4.90 Å². The Morgan fingerprint density at radius 2 is 2.30 bits per heavy atom. The van der Waals surface area contributed by atoms with Crippen LogP contribution in [0.4, 0.5) is 5.69 Å². The Kier molecular flexibility index (Phi) is 4.49. The SMILES string of the molecule is COc1cccc(N2CCCC(C(N)=O)C2)c1[C@@H](C)O. The number of anilines is 1. The molecule has 1 saturated heterocycles. The van der Waals surface area contributed by atoms with E-state index >= 15 is 0 Å². The Morgan fingerprint density at radius 1 is 1.55 bits per heavy atom. The monoisotopic (exact) mass is 278 g/mol. The second kappa shape index (κ2) is 6.13. The van der Waals surface area contributed by atoms with Crippen LogP contribution in [0.15, 0.2) is 18.2 Å². The van der Waals surface area contributed by atoms with Gasteiger partial charge in [0.15, 0.2) is 0 Å². The van der Waals surface area contributed by atoms with E-state index in [0.717, 1.165) is 30.6 Å². The molecule has 1 aliphatic heterocycles. The molecule has 1 aliphatic rings. The summed E-state index contributed by atoms with van der Waals surface area (Å²) in [6.45, 7) is 3.18. The quantitative estimate of drug-likeness (QED) is 0.874. The van der Waals surface area contributed by atoms with Crippen LogP contribution < -0.4 is 15.4 Å². The van der Waals surface area contributed by atoms with E-state index in [1.54, 1.807) is 14.0 Å². The zero-order chi connectivity index (χ0) is 14.7. The molecule has 5 heteroatoms. The van der Waals surface area contributed by atoms with Gasteiger partial charge in [-0.2, -0.15) is 0 Å². The molecule has 1 aromatic rings. The van der Waals surface area contributed by atoms with Gasteiger partial charge in [0.25, 0.3) is 0 Å². The fraction of sp³-hybridized carbons (Fsp3) is 0.533. The molecule has 1 aromatic carbocycles. The normalized spacial score (nSPS) is 20.6. The van der Waals surface area contributed by atoms with E-state index in [1.807, 2.05) is 18.2 Å². The number of nitrogens with two attached hydrogens (primary N) is 1. The third-order valence-corrected chi connectivity index (χ3v) is 3.85. The van der Waals surface area contributed by atoms with Crippen molar-refractivity contribution in [2.75, 3.05) is 25.1 Å². The lowest BCUT2D eigenvalue weighted by atomic mass is 9.95. The molecule has 1 heterocycles. The summed E-state index contributed by atoms with van der Waals surface area (Å²) in [5.41, 5.74) is 7.11. The summed E-state index contributed by atoms with van der Waals surface area (Å²) in [6, 6.07) is 5.68. The second-order valence-corrected chi connectivity index (χ2v) is 5.26. The van der Waals surface area contributed by atoms with Crippen molar-refractivity contribution in [1.29, 1.82) is 0 Å². The molecular weight excluding hydrogens is 256 g/mol. The lowest BCUT2D eigenvalue weighted by Gasteiger charge is -2.35. The highest BCUT2D eigenvalue weighted by Crippen LogP contribution is 2.36. The van der Waals surface area contributed by atoms with Gasteiger partial charge in [-0.05, 0) is 31.9 Å². The van der Waals surface area contributed by atoms with Gasteiger partial charge in [-0.25, -0.2) is 0 Å². The maximum absolute atomic E-state index is 11.4. The van der Waals surface area contributed by atoms with E-state index in [0.29, 0.717) is 12.3 Å². The number of methoxy groups -OCH3 is 1. The average molecular weight is 278 g/mol. The van der Waals surface area contributed by atoms with Crippen molar-refractivity contribution in [1.82, 2.24) is 0 Å². The number of hydrogen-bond donors (Lipinski definition) is 2. The molecule has 0 radical (unpaired) electrons. The fourth-order valence-corrected chi connectivity index (χ4v) is 2.83. The standard InChI is InChI=1S/C15H22N2O3/c1-10(18)14-12(6-3-7-13(14)20-2)17-8-4-5-11(9-17)15(16)19/h3,6-7,10-11,18H,4-5,8-9H2,1-2H3,(H2,16,19)/t10-,11?/m1/s1. The second-order valence-electron chi connectivity index (χ2n) is 5.26. The highest BCUT2D eigenvalue weighted by Gasteiger charge is 2.27. The first kappa shape index (κ1) is 14.7. The van der Waals surface area contributed by atoms with Crippen LogP contribution in [0.25, 0.3) is 0 Å². The van der Waals surface area contributed by atoms with Gasteiger partial charge in [0.2, 0.25) is 5.91 Å². The maximum Gasteiger partial charge on any atom is 0.222 e. The zero-order valence-electron chi connectivity index (χ0n) is 12.0. The van der Waals surface area contributed by atoms with Crippen LogP contribution in [-0.4, -0.2) is 31.2 Å². The lowest BCUT2D eigenvalue weighted by molar-refractivity contribution is -0.122. The van der Waals surface area contributed by atoms with Crippen molar-refractivity contribution >= 4 is 11.6 Å². The number of hydrogen-bond acceptors (Lipinski definition) is 4. The number of primary amides is 1. The third-order valence-electron chi connectivity index (χ3n) is 3.85. The van der Waals surface area contributed by atoms with Gasteiger partial charge in [-0.15, -0.1) is 0 Å². The molecule has 1 amide bonds. The Bertz CT molecular complexity index is 488. The molecule has 1 unspecified atom stereocenters. The van der Waals surface area contributed by atoms with Crippen LogP contribution in [0.5, 0.6) is 5.75 Å². The minimum absolute atomic E-state index is 0.128. The van der Waals surface area contributed by atoms with Gasteiger partial charge in [0.1, 0.15) is 5.75 Å². The van der Waals surface area contributed by atoms with Crippen molar-refractivity contribution in [2.45, 2.75) is 25.9 Å². The molecule has 0 aromatic heterocycles. The first-order chi connectivity index (χ1) is 9.54. The number of carbonyl (C=O) groups excluding carboxylic acids is 1. The summed E-state index contributed by atoms with van der Waals surface area (Å²) in [6.07, 6.45) is 1.12. The summed E-state index contributed by atoms with van der Waals surface area (Å²) in [5.74, 6) is 0.284. The van der Waals surface area contributed by atoms with Crippen LogP contribution >= 0.6 is 0 Å². The van der Waals surface area contributed by atoms with Gasteiger partial charge in [0.05, 0.1) is 19.1 Å². The average Bonchev–Trinajstić information content (AvgIpc) is 2.46. The van der Waals surface area contributed by atoms with E-state index in [9.17, 15) is 9.90 Å². The van der Waals surface area contributed by atoms with Gasteiger partial charge in [-0.1, -0.05) is 6.07 Å². The third kappa shape index (κ3) is 2.88. The Morgan fingerprint density at radius 3 is 2.90 bits per heavy atom. The zero-order valence-corrected chi connectivity index (χ0v) is 12.0. The molecular formula is C15H22N2O3. The van der Waals surface area contributed by atoms with E-state index in [1.165, 1.54) is 0 Å². The van der Waals surface area contributed by atoms with Crippen LogP contribution in [-0.2, 0) is 4.79 Å². The number of aliphatic hydroxyl groups excluding tert-OH is 1. The minimum Gasteiger partial charge on any atom is -0.496 e. The van der Waals surface area contributed by atoms with Gasteiger partial charge >= 0.3 is 0 Å². The summed E-state index contributed by atoms with van der Waals surface area (Å²) in [5, 5.41) is 10.0. The topological polar surface area (TPSA) is 75.8 Å². The molecule has 20 heavy (non-hydrogen) atoms.